The highest BCUT2D eigenvalue weighted by Crippen LogP contribution is 2.32. The van der Waals surface area contributed by atoms with Crippen molar-refractivity contribution < 1.29 is 17.9 Å². The fraction of sp³-hybridized carbons (Fsp3) is 0.526. The van der Waals surface area contributed by atoms with E-state index in [2.05, 4.69) is 15.3 Å². The van der Waals surface area contributed by atoms with Crippen LogP contribution in [0.3, 0.4) is 0 Å². The molecule has 1 fully saturated rings. The summed E-state index contributed by atoms with van der Waals surface area (Å²) in [6.07, 6.45) is 4.34. The van der Waals surface area contributed by atoms with Crippen LogP contribution in [0, 0.1) is 5.92 Å². The van der Waals surface area contributed by atoms with Crippen LogP contribution in [-0.2, 0) is 27.8 Å². The summed E-state index contributed by atoms with van der Waals surface area (Å²) in [5.74, 6) is 0.619. The molecule has 0 radical (unpaired) electrons. The van der Waals surface area contributed by atoms with Crippen LogP contribution in [0.25, 0.3) is 0 Å². The topological polar surface area (TPSA) is 105 Å². The molecule has 0 bridgehead atoms. The number of fused-ring (bicyclic) bond motifs is 1. The third kappa shape index (κ3) is 4.34. The number of hydrogen-bond donors (Lipinski definition) is 1. The first-order valence-electron chi connectivity index (χ1n) is 9.77. The first kappa shape index (κ1) is 21.2. The van der Waals surface area contributed by atoms with Gasteiger partial charge in [0.15, 0.2) is 5.13 Å². The summed E-state index contributed by atoms with van der Waals surface area (Å²) in [4.78, 5) is 24.9. The molecule has 162 valence electrons. The van der Waals surface area contributed by atoms with E-state index in [9.17, 15) is 13.2 Å². The van der Waals surface area contributed by atoms with Crippen molar-refractivity contribution >= 4 is 38.2 Å². The molecule has 9 nitrogen and oxygen atoms in total. The van der Waals surface area contributed by atoms with Crippen molar-refractivity contribution in [3.63, 3.8) is 0 Å². The number of nitrogens with zero attached hydrogens (tertiary/aromatic N) is 4. The molecule has 2 aromatic heterocycles. The predicted molar refractivity (Wildman–Crippen MR) is 115 cm³/mol. The lowest BCUT2D eigenvalue weighted by Crippen LogP contribution is -2.27. The molecule has 0 saturated heterocycles. The van der Waals surface area contributed by atoms with Gasteiger partial charge in [-0.3, -0.25) is 10.1 Å². The summed E-state index contributed by atoms with van der Waals surface area (Å²) in [6, 6.07) is 1.40. The third-order valence-corrected chi connectivity index (χ3v) is 7.94. The van der Waals surface area contributed by atoms with Crippen molar-refractivity contribution in [2.45, 2.75) is 30.8 Å². The first-order chi connectivity index (χ1) is 14.3. The summed E-state index contributed by atoms with van der Waals surface area (Å²) in [7, 11) is 1.05. The van der Waals surface area contributed by atoms with Gasteiger partial charge in [-0.1, -0.05) is 11.3 Å². The van der Waals surface area contributed by atoms with E-state index in [1.54, 1.807) is 0 Å². The van der Waals surface area contributed by atoms with Crippen LogP contribution in [0.2, 0.25) is 0 Å². The molecule has 1 N–H and O–H groups in total. The van der Waals surface area contributed by atoms with Crippen LogP contribution in [-0.4, -0.2) is 62.9 Å². The fourth-order valence-corrected chi connectivity index (χ4v) is 5.09. The minimum atomic E-state index is -3.72. The van der Waals surface area contributed by atoms with E-state index in [1.807, 2.05) is 11.9 Å². The minimum Gasteiger partial charge on any atom is -0.375 e. The molecule has 1 saturated carbocycles. The number of thiazole rings is 1. The Hall–Kier alpha value is -2.08. The number of carbonyl (C=O) groups excluding carboxylic acids is 1. The van der Waals surface area contributed by atoms with Gasteiger partial charge < -0.3 is 9.64 Å². The number of aromatic nitrogens is 2. The summed E-state index contributed by atoms with van der Waals surface area (Å²) in [6.45, 7) is 1.89. The summed E-state index contributed by atoms with van der Waals surface area (Å²) in [5.41, 5.74) is 1.15. The van der Waals surface area contributed by atoms with E-state index in [0.717, 1.165) is 40.7 Å². The first-order valence-corrected chi connectivity index (χ1v) is 12.0. The second kappa shape index (κ2) is 8.22. The monoisotopic (exact) mass is 451 g/mol. The number of pyridine rings is 1. The molecule has 0 atom stereocenters. The number of anilines is 2. The highest BCUT2D eigenvalue weighted by Gasteiger charge is 2.28. The van der Waals surface area contributed by atoms with Gasteiger partial charge >= 0.3 is 0 Å². The van der Waals surface area contributed by atoms with Gasteiger partial charge in [0.25, 0.3) is 5.91 Å². The van der Waals surface area contributed by atoms with E-state index in [-0.39, 0.29) is 10.5 Å². The zero-order valence-corrected chi connectivity index (χ0v) is 18.8. The van der Waals surface area contributed by atoms with Crippen LogP contribution in [0.5, 0.6) is 0 Å². The summed E-state index contributed by atoms with van der Waals surface area (Å²) >= 11 is 1.38. The van der Waals surface area contributed by atoms with E-state index < -0.39 is 15.9 Å². The Bertz CT molecular complexity index is 1040. The van der Waals surface area contributed by atoms with Gasteiger partial charge in [-0.15, -0.1) is 0 Å². The molecule has 4 rings (SSSR count). The van der Waals surface area contributed by atoms with Crippen molar-refractivity contribution in [1.82, 2.24) is 14.3 Å². The zero-order chi connectivity index (χ0) is 21.5. The quantitative estimate of drug-likeness (QED) is 0.686. The van der Waals surface area contributed by atoms with Crippen LogP contribution >= 0.6 is 11.3 Å². The number of hydrogen-bond acceptors (Lipinski definition) is 8. The van der Waals surface area contributed by atoms with Crippen molar-refractivity contribution in [1.29, 1.82) is 0 Å². The Labute approximate surface area is 180 Å². The average molecular weight is 452 g/mol. The number of nitrogens with one attached hydrogen (secondary N) is 1. The van der Waals surface area contributed by atoms with Crippen LogP contribution < -0.4 is 10.2 Å². The van der Waals surface area contributed by atoms with E-state index in [1.165, 1.54) is 37.7 Å². The van der Waals surface area contributed by atoms with Crippen LogP contribution in [0.4, 0.5) is 10.9 Å². The third-order valence-electron chi connectivity index (χ3n) is 5.17. The highest BCUT2D eigenvalue weighted by atomic mass is 32.2. The van der Waals surface area contributed by atoms with Crippen molar-refractivity contribution in [3.8, 4) is 0 Å². The van der Waals surface area contributed by atoms with Gasteiger partial charge in [-0.2, -0.15) is 0 Å². The Kier molecular flexibility index (Phi) is 5.80. The number of amides is 1. The zero-order valence-electron chi connectivity index (χ0n) is 17.2. The van der Waals surface area contributed by atoms with Gasteiger partial charge in [-0.05, 0) is 24.8 Å². The Balaban J connectivity index is 1.66. The van der Waals surface area contributed by atoms with Crippen LogP contribution in [0.1, 0.15) is 33.8 Å². The van der Waals surface area contributed by atoms with E-state index >= 15 is 0 Å². The lowest BCUT2D eigenvalue weighted by Gasteiger charge is -2.21. The molecule has 2 aromatic rings. The molecule has 1 aliphatic carbocycles. The van der Waals surface area contributed by atoms with Gasteiger partial charge in [0.1, 0.15) is 10.7 Å². The van der Waals surface area contributed by atoms with Gasteiger partial charge in [-0.25, -0.2) is 22.7 Å². The molecular weight excluding hydrogens is 426 g/mol. The minimum absolute atomic E-state index is 0.0203. The molecular formula is C19H25N5O4S2. The number of rotatable bonds is 7. The molecule has 1 aliphatic heterocycles. The summed E-state index contributed by atoms with van der Waals surface area (Å²) in [5, 5.41) is 3.30. The Morgan fingerprint density at radius 3 is 2.77 bits per heavy atom. The molecule has 0 spiro atoms. The summed E-state index contributed by atoms with van der Waals surface area (Å²) < 4.78 is 31.7. The van der Waals surface area contributed by atoms with Gasteiger partial charge in [0, 0.05) is 40.3 Å². The molecule has 0 unspecified atom stereocenters. The van der Waals surface area contributed by atoms with Gasteiger partial charge in [0.05, 0.1) is 29.3 Å². The van der Waals surface area contributed by atoms with E-state index in [0.29, 0.717) is 30.1 Å². The molecule has 0 aromatic carbocycles. The fourth-order valence-electron chi connectivity index (χ4n) is 3.28. The van der Waals surface area contributed by atoms with Crippen molar-refractivity contribution in [2.24, 2.45) is 5.92 Å². The maximum atomic E-state index is 13.2. The predicted octanol–water partition coefficient (Wildman–Crippen LogP) is 1.96. The Morgan fingerprint density at radius 2 is 2.10 bits per heavy atom. The molecule has 1 amide bonds. The second-order valence-corrected chi connectivity index (χ2v) is 11.0. The maximum Gasteiger partial charge on any atom is 0.261 e. The normalized spacial score (nSPS) is 16.4. The molecule has 11 heteroatoms. The Morgan fingerprint density at radius 1 is 1.33 bits per heavy atom. The number of carbonyl (C=O) groups is 1. The van der Waals surface area contributed by atoms with Crippen molar-refractivity contribution in [2.75, 3.05) is 44.5 Å². The van der Waals surface area contributed by atoms with Gasteiger partial charge in [0.2, 0.25) is 10.0 Å². The molecule has 3 heterocycles. The number of ether oxygens (including phenoxy) is 1. The number of sulfonamides is 1. The molecule has 30 heavy (non-hydrogen) atoms. The lowest BCUT2D eigenvalue weighted by atomic mass is 10.2. The maximum absolute atomic E-state index is 13.2. The molecule has 2 aliphatic rings. The SMILES string of the molecule is CN(CC1CC1)c1ncc(S(=O)(=O)N(C)C)cc1C(=O)Nc1nc2c(s1)COCC2. The van der Waals surface area contributed by atoms with E-state index in [4.69, 9.17) is 4.74 Å². The smallest absolute Gasteiger partial charge is 0.261 e. The largest absolute Gasteiger partial charge is 0.375 e. The van der Waals surface area contributed by atoms with Crippen LogP contribution in [0.15, 0.2) is 17.2 Å². The average Bonchev–Trinajstić information content (AvgIpc) is 3.43. The standard InChI is InChI=1S/C19H25N5O4S2/c1-23(2)30(26,27)13-8-14(17(20-9-13)24(3)10-12-4-5-12)18(25)22-19-21-15-6-7-28-11-16(15)29-19/h8-9,12H,4-7,10-11H2,1-3H3,(H,21,22,25). The highest BCUT2D eigenvalue weighted by molar-refractivity contribution is 7.89. The second-order valence-electron chi connectivity index (χ2n) is 7.80. The van der Waals surface area contributed by atoms with Crippen molar-refractivity contribution in [3.05, 3.63) is 28.4 Å². The lowest BCUT2D eigenvalue weighted by molar-refractivity contribution is 0.102.